The highest BCUT2D eigenvalue weighted by Crippen LogP contribution is 2.35. The largest absolute Gasteiger partial charge is 0.393 e. The van der Waals surface area contributed by atoms with E-state index in [-0.39, 0.29) is 11.5 Å². The Bertz CT molecular complexity index is 174. The van der Waals surface area contributed by atoms with E-state index in [0.717, 1.165) is 12.3 Å². The molecule has 92 valence electrons. The fourth-order valence-electron chi connectivity index (χ4n) is 2.94. The van der Waals surface area contributed by atoms with Gasteiger partial charge in [0.15, 0.2) is 0 Å². The van der Waals surface area contributed by atoms with Crippen molar-refractivity contribution in [1.82, 2.24) is 0 Å². The third-order valence-corrected chi connectivity index (χ3v) is 2.71. The highest BCUT2D eigenvalue weighted by Gasteiger charge is 2.25. The van der Waals surface area contributed by atoms with Gasteiger partial charge < -0.3 is 5.11 Å². The van der Waals surface area contributed by atoms with Crippen LogP contribution in [-0.4, -0.2) is 11.2 Å². The van der Waals surface area contributed by atoms with Gasteiger partial charge in [-0.05, 0) is 42.9 Å². The fourth-order valence-corrected chi connectivity index (χ4v) is 2.94. The van der Waals surface area contributed by atoms with Gasteiger partial charge in [0.05, 0.1) is 6.10 Å². The van der Waals surface area contributed by atoms with Gasteiger partial charge in [0.1, 0.15) is 0 Å². The van der Waals surface area contributed by atoms with Crippen LogP contribution in [0.1, 0.15) is 67.7 Å². The molecule has 0 spiro atoms. The number of hydrogen-bond donors (Lipinski definition) is 1. The molecule has 1 N–H and O–H groups in total. The summed E-state index contributed by atoms with van der Waals surface area (Å²) < 4.78 is 0. The van der Waals surface area contributed by atoms with Crippen molar-refractivity contribution >= 4 is 0 Å². The van der Waals surface area contributed by atoms with Gasteiger partial charge in [-0.3, -0.25) is 0 Å². The second-order valence-electron chi connectivity index (χ2n) is 7.29. The molecule has 0 amide bonds. The molecule has 2 unspecified atom stereocenters. The van der Waals surface area contributed by atoms with Crippen molar-refractivity contribution in [3.63, 3.8) is 0 Å². The average Bonchev–Trinajstić information content (AvgIpc) is 1.73. The number of aliphatic hydroxyl groups excluding tert-OH is 1. The molecule has 0 aromatic heterocycles. The Morgan fingerprint density at radius 2 is 1.33 bits per heavy atom. The zero-order valence-corrected chi connectivity index (χ0v) is 11.7. The van der Waals surface area contributed by atoms with Crippen molar-refractivity contribution in [1.29, 1.82) is 0 Å². The number of hydrogen-bond acceptors (Lipinski definition) is 1. The van der Waals surface area contributed by atoms with Crippen molar-refractivity contribution < 1.29 is 5.11 Å². The monoisotopic (exact) mass is 214 g/mol. The van der Waals surface area contributed by atoms with Crippen LogP contribution in [0.3, 0.4) is 0 Å². The highest BCUT2D eigenvalue weighted by molar-refractivity contribution is 4.76. The first kappa shape index (κ1) is 15.0. The van der Waals surface area contributed by atoms with Crippen LogP contribution in [0.15, 0.2) is 0 Å². The van der Waals surface area contributed by atoms with E-state index < -0.39 is 0 Å². The Morgan fingerprint density at radius 3 is 1.67 bits per heavy atom. The lowest BCUT2D eigenvalue weighted by Crippen LogP contribution is -2.23. The van der Waals surface area contributed by atoms with Crippen LogP contribution in [0.5, 0.6) is 0 Å². The summed E-state index contributed by atoms with van der Waals surface area (Å²) in [6.45, 7) is 15.6. The summed E-state index contributed by atoms with van der Waals surface area (Å²) in [7, 11) is 0. The molecule has 0 aromatic rings. The van der Waals surface area contributed by atoms with Gasteiger partial charge in [-0.1, -0.05) is 41.5 Å². The van der Waals surface area contributed by atoms with E-state index in [9.17, 15) is 5.11 Å². The van der Waals surface area contributed by atoms with Crippen molar-refractivity contribution in [2.45, 2.75) is 73.8 Å². The van der Waals surface area contributed by atoms with Gasteiger partial charge >= 0.3 is 0 Å². The second kappa shape index (κ2) is 5.34. The lowest BCUT2D eigenvalue weighted by atomic mass is 9.74. The molecule has 1 heteroatoms. The van der Waals surface area contributed by atoms with Crippen LogP contribution in [0.25, 0.3) is 0 Å². The predicted molar refractivity (Wildman–Crippen MR) is 67.9 cm³/mol. The SMILES string of the molecule is CC(O)CC(C)(C)CC(C)CC(C)(C)C. The molecule has 1 nitrogen and oxygen atoms in total. The molecule has 0 fully saturated rings. The summed E-state index contributed by atoms with van der Waals surface area (Å²) in [6.07, 6.45) is 3.19. The Balaban J connectivity index is 4.10. The molecule has 0 saturated carbocycles. The van der Waals surface area contributed by atoms with Gasteiger partial charge in [-0.25, -0.2) is 0 Å². The first-order valence-electron chi connectivity index (χ1n) is 6.20. The molecule has 0 aliphatic heterocycles. The third-order valence-electron chi connectivity index (χ3n) is 2.71. The van der Waals surface area contributed by atoms with Crippen LogP contribution in [0, 0.1) is 16.7 Å². The minimum Gasteiger partial charge on any atom is -0.393 e. The van der Waals surface area contributed by atoms with Crippen molar-refractivity contribution in [3.8, 4) is 0 Å². The molecule has 0 aromatic carbocycles. The molecule has 15 heavy (non-hydrogen) atoms. The third kappa shape index (κ3) is 8.92. The van der Waals surface area contributed by atoms with E-state index in [1.54, 1.807) is 0 Å². The van der Waals surface area contributed by atoms with Gasteiger partial charge in [-0.15, -0.1) is 0 Å². The van der Waals surface area contributed by atoms with Gasteiger partial charge in [-0.2, -0.15) is 0 Å². The molecule has 0 bridgehead atoms. The molecule has 0 radical (unpaired) electrons. The predicted octanol–water partition coefficient (Wildman–Crippen LogP) is 4.25. The molecule has 0 aliphatic carbocycles. The number of aliphatic hydroxyl groups is 1. The maximum absolute atomic E-state index is 9.43. The summed E-state index contributed by atoms with van der Waals surface area (Å²) in [5.74, 6) is 0.735. The minimum atomic E-state index is -0.179. The maximum atomic E-state index is 9.43. The average molecular weight is 214 g/mol. The molecule has 0 aliphatic rings. The topological polar surface area (TPSA) is 20.2 Å². The zero-order chi connectivity index (χ0) is 12.3. The molecular weight excluding hydrogens is 184 g/mol. The van der Waals surface area contributed by atoms with Crippen LogP contribution in [-0.2, 0) is 0 Å². The van der Waals surface area contributed by atoms with Gasteiger partial charge in [0.2, 0.25) is 0 Å². The maximum Gasteiger partial charge on any atom is 0.0517 e. The van der Waals surface area contributed by atoms with Gasteiger partial charge in [0.25, 0.3) is 0 Å². The molecule has 2 atom stereocenters. The van der Waals surface area contributed by atoms with Gasteiger partial charge in [0, 0.05) is 0 Å². The number of rotatable bonds is 5. The highest BCUT2D eigenvalue weighted by atomic mass is 16.3. The molecule has 0 rings (SSSR count). The Labute approximate surface area is 96.3 Å². The summed E-state index contributed by atoms with van der Waals surface area (Å²) >= 11 is 0. The second-order valence-corrected chi connectivity index (χ2v) is 7.29. The van der Waals surface area contributed by atoms with Crippen LogP contribution >= 0.6 is 0 Å². The van der Waals surface area contributed by atoms with E-state index >= 15 is 0 Å². The summed E-state index contributed by atoms with van der Waals surface area (Å²) in [5.41, 5.74) is 0.680. The minimum absolute atomic E-state index is 0.179. The van der Waals surface area contributed by atoms with Crippen LogP contribution in [0.2, 0.25) is 0 Å². The fraction of sp³-hybridized carbons (Fsp3) is 1.00. The normalized spacial score (nSPS) is 17.6. The molecular formula is C14H30O. The quantitative estimate of drug-likeness (QED) is 0.725. The Hall–Kier alpha value is -0.0400. The van der Waals surface area contributed by atoms with E-state index in [2.05, 4.69) is 41.5 Å². The molecule has 0 saturated heterocycles. The zero-order valence-electron chi connectivity index (χ0n) is 11.7. The van der Waals surface area contributed by atoms with Crippen molar-refractivity contribution in [3.05, 3.63) is 0 Å². The first-order valence-corrected chi connectivity index (χ1v) is 6.20. The van der Waals surface area contributed by atoms with E-state index in [1.807, 2.05) is 6.92 Å². The lowest BCUT2D eigenvalue weighted by Gasteiger charge is -2.32. The summed E-state index contributed by atoms with van der Waals surface area (Å²) in [6, 6.07) is 0. The summed E-state index contributed by atoms with van der Waals surface area (Å²) in [5, 5.41) is 9.43. The van der Waals surface area contributed by atoms with Crippen LogP contribution < -0.4 is 0 Å². The first-order chi connectivity index (χ1) is 6.52. The molecule has 0 heterocycles. The Kier molecular flexibility index (Phi) is 5.32. The van der Waals surface area contributed by atoms with E-state index in [0.29, 0.717) is 5.41 Å². The van der Waals surface area contributed by atoms with Crippen molar-refractivity contribution in [2.75, 3.05) is 0 Å². The summed E-state index contributed by atoms with van der Waals surface area (Å²) in [4.78, 5) is 0. The lowest BCUT2D eigenvalue weighted by molar-refractivity contribution is 0.109. The Morgan fingerprint density at radius 1 is 0.867 bits per heavy atom. The standard InChI is InChI=1S/C14H30O/c1-11(8-13(3,4)5)9-14(6,7)10-12(2)15/h11-12,15H,8-10H2,1-7H3. The van der Waals surface area contributed by atoms with Crippen molar-refractivity contribution in [2.24, 2.45) is 16.7 Å². The van der Waals surface area contributed by atoms with E-state index in [1.165, 1.54) is 12.8 Å². The van der Waals surface area contributed by atoms with E-state index in [4.69, 9.17) is 0 Å². The van der Waals surface area contributed by atoms with Crippen LogP contribution in [0.4, 0.5) is 0 Å². The smallest absolute Gasteiger partial charge is 0.0517 e.